The number of ether oxygens (including phenoxy) is 1. The molecule has 5 nitrogen and oxygen atoms in total. The lowest BCUT2D eigenvalue weighted by Gasteiger charge is -2.12. The molecule has 0 bridgehead atoms. The van der Waals surface area contributed by atoms with Crippen molar-refractivity contribution in [2.45, 2.75) is 39.8 Å². The number of rotatable bonds is 7. The van der Waals surface area contributed by atoms with Crippen molar-refractivity contribution in [3.63, 3.8) is 0 Å². The number of nitrogens with zero attached hydrogens (tertiary/aromatic N) is 3. The highest BCUT2D eigenvalue weighted by molar-refractivity contribution is 4.87. The number of aliphatic hydroxyl groups is 1. The number of aliphatic hydroxyl groups excluding tert-OH is 1. The molecule has 1 aromatic heterocycles. The Morgan fingerprint density at radius 3 is 2.88 bits per heavy atom. The van der Waals surface area contributed by atoms with E-state index in [1.807, 2.05) is 11.6 Å². The zero-order valence-corrected chi connectivity index (χ0v) is 10.3. The lowest BCUT2D eigenvalue weighted by atomic mass is 10.2. The average Bonchev–Trinajstić information content (AvgIpc) is 2.62. The Balaban J connectivity index is 2.49. The maximum Gasteiger partial charge on any atom is 0.138 e. The summed E-state index contributed by atoms with van der Waals surface area (Å²) in [6.45, 7) is 7.97. The van der Waals surface area contributed by atoms with Crippen molar-refractivity contribution in [1.82, 2.24) is 14.8 Å². The van der Waals surface area contributed by atoms with Crippen molar-refractivity contribution in [3.05, 3.63) is 12.2 Å². The molecular formula is C11H21N3O2. The van der Waals surface area contributed by atoms with Gasteiger partial charge in [-0.1, -0.05) is 13.8 Å². The highest BCUT2D eigenvalue weighted by atomic mass is 16.5. The van der Waals surface area contributed by atoms with E-state index >= 15 is 0 Å². The van der Waals surface area contributed by atoms with Crippen molar-refractivity contribution >= 4 is 0 Å². The van der Waals surface area contributed by atoms with E-state index in [0.717, 1.165) is 12.4 Å². The van der Waals surface area contributed by atoms with Crippen LogP contribution in [0.15, 0.2) is 6.33 Å². The summed E-state index contributed by atoms with van der Waals surface area (Å²) in [5.41, 5.74) is 0. The Morgan fingerprint density at radius 2 is 2.25 bits per heavy atom. The maximum atomic E-state index is 9.70. The van der Waals surface area contributed by atoms with Gasteiger partial charge in [0.15, 0.2) is 0 Å². The fourth-order valence-corrected chi connectivity index (χ4v) is 1.47. The number of hydrogen-bond donors (Lipinski definition) is 1. The van der Waals surface area contributed by atoms with E-state index in [-0.39, 0.29) is 0 Å². The molecule has 0 saturated carbocycles. The lowest BCUT2D eigenvalue weighted by molar-refractivity contribution is 0.0413. The molecule has 0 radical (unpaired) electrons. The summed E-state index contributed by atoms with van der Waals surface area (Å²) in [6, 6.07) is 0. The largest absolute Gasteiger partial charge is 0.390 e. The van der Waals surface area contributed by atoms with Crippen LogP contribution >= 0.6 is 0 Å². The van der Waals surface area contributed by atoms with Gasteiger partial charge in [0, 0.05) is 19.6 Å². The van der Waals surface area contributed by atoms with E-state index in [9.17, 15) is 5.11 Å². The fourth-order valence-electron chi connectivity index (χ4n) is 1.47. The quantitative estimate of drug-likeness (QED) is 0.751. The third-order valence-electron chi connectivity index (χ3n) is 2.17. The van der Waals surface area contributed by atoms with Crippen LogP contribution < -0.4 is 0 Å². The minimum absolute atomic E-state index is 0.352. The molecule has 16 heavy (non-hydrogen) atoms. The molecule has 0 aliphatic heterocycles. The number of hydrogen-bond acceptors (Lipinski definition) is 4. The summed E-state index contributed by atoms with van der Waals surface area (Å²) in [6.07, 6.45) is 1.52. The first-order chi connectivity index (χ1) is 7.63. The summed E-state index contributed by atoms with van der Waals surface area (Å²) < 4.78 is 7.00. The zero-order valence-electron chi connectivity index (χ0n) is 10.3. The van der Waals surface area contributed by atoms with Crippen LogP contribution in [0.4, 0.5) is 0 Å². The van der Waals surface area contributed by atoms with Crippen LogP contribution in [0.1, 0.15) is 26.6 Å². The van der Waals surface area contributed by atoms with E-state index in [1.165, 1.54) is 6.33 Å². The molecule has 1 aromatic rings. The standard InChI is InChI=1S/C11H21N3O2/c1-4-16-7-10(15)5-11-12-8-13-14(11)6-9(2)3/h8-10,15H,4-7H2,1-3H3. The topological polar surface area (TPSA) is 60.2 Å². The normalized spacial score (nSPS) is 13.3. The van der Waals surface area contributed by atoms with Crippen LogP contribution in [0, 0.1) is 5.92 Å². The van der Waals surface area contributed by atoms with Gasteiger partial charge in [0.25, 0.3) is 0 Å². The first-order valence-electron chi connectivity index (χ1n) is 5.76. The Bertz CT molecular complexity index is 299. The predicted molar refractivity (Wildman–Crippen MR) is 61.1 cm³/mol. The Hall–Kier alpha value is -0.940. The average molecular weight is 227 g/mol. The van der Waals surface area contributed by atoms with Crippen LogP contribution in [-0.4, -0.2) is 39.2 Å². The molecule has 92 valence electrons. The van der Waals surface area contributed by atoms with Gasteiger partial charge >= 0.3 is 0 Å². The summed E-state index contributed by atoms with van der Waals surface area (Å²) >= 11 is 0. The molecule has 1 rings (SSSR count). The van der Waals surface area contributed by atoms with Gasteiger partial charge in [0.05, 0.1) is 12.7 Å². The lowest BCUT2D eigenvalue weighted by Crippen LogP contribution is -2.21. The predicted octanol–water partition coefficient (Wildman–Crippen LogP) is 0.874. The second-order valence-electron chi connectivity index (χ2n) is 4.27. The Kier molecular flexibility index (Phi) is 5.42. The summed E-state index contributed by atoms with van der Waals surface area (Å²) in [4.78, 5) is 4.15. The molecule has 0 spiro atoms. The summed E-state index contributed by atoms with van der Waals surface area (Å²) in [5.74, 6) is 1.34. The molecule has 0 aliphatic rings. The molecular weight excluding hydrogens is 206 g/mol. The summed E-state index contributed by atoms with van der Waals surface area (Å²) in [7, 11) is 0. The molecule has 5 heteroatoms. The van der Waals surface area contributed by atoms with Crippen LogP contribution in [0.25, 0.3) is 0 Å². The highest BCUT2D eigenvalue weighted by Gasteiger charge is 2.11. The monoisotopic (exact) mass is 227 g/mol. The van der Waals surface area contributed by atoms with E-state index in [4.69, 9.17) is 4.74 Å². The van der Waals surface area contributed by atoms with Crippen molar-refractivity contribution < 1.29 is 9.84 Å². The molecule has 0 aromatic carbocycles. The van der Waals surface area contributed by atoms with Crippen LogP contribution in [0.2, 0.25) is 0 Å². The molecule has 1 heterocycles. The highest BCUT2D eigenvalue weighted by Crippen LogP contribution is 2.04. The van der Waals surface area contributed by atoms with Gasteiger partial charge in [-0.05, 0) is 12.8 Å². The maximum absolute atomic E-state index is 9.70. The van der Waals surface area contributed by atoms with E-state index in [0.29, 0.717) is 25.6 Å². The van der Waals surface area contributed by atoms with Crippen molar-refractivity contribution in [3.8, 4) is 0 Å². The van der Waals surface area contributed by atoms with Gasteiger partial charge in [-0.15, -0.1) is 0 Å². The first-order valence-corrected chi connectivity index (χ1v) is 5.76. The van der Waals surface area contributed by atoms with Gasteiger partial charge in [0.1, 0.15) is 12.2 Å². The van der Waals surface area contributed by atoms with Crippen molar-refractivity contribution in [2.24, 2.45) is 5.92 Å². The molecule has 1 N–H and O–H groups in total. The SMILES string of the molecule is CCOCC(O)Cc1ncnn1CC(C)C. The molecule has 0 aliphatic carbocycles. The van der Waals surface area contributed by atoms with Gasteiger partial charge < -0.3 is 9.84 Å². The molecule has 0 fully saturated rings. The van der Waals surface area contributed by atoms with E-state index in [1.54, 1.807) is 0 Å². The third-order valence-corrected chi connectivity index (χ3v) is 2.17. The van der Waals surface area contributed by atoms with E-state index in [2.05, 4.69) is 23.9 Å². The molecule has 0 saturated heterocycles. The second-order valence-corrected chi connectivity index (χ2v) is 4.27. The van der Waals surface area contributed by atoms with Gasteiger partial charge in [-0.2, -0.15) is 5.10 Å². The van der Waals surface area contributed by atoms with Crippen LogP contribution in [-0.2, 0) is 17.7 Å². The minimum atomic E-state index is -0.505. The number of aromatic nitrogens is 3. The summed E-state index contributed by atoms with van der Waals surface area (Å²) in [5, 5.41) is 13.8. The van der Waals surface area contributed by atoms with Gasteiger partial charge in [0.2, 0.25) is 0 Å². The van der Waals surface area contributed by atoms with Crippen LogP contribution in [0.5, 0.6) is 0 Å². The van der Waals surface area contributed by atoms with Crippen molar-refractivity contribution in [2.75, 3.05) is 13.2 Å². The smallest absolute Gasteiger partial charge is 0.138 e. The zero-order chi connectivity index (χ0) is 12.0. The minimum Gasteiger partial charge on any atom is -0.390 e. The second kappa shape index (κ2) is 6.60. The molecule has 0 amide bonds. The molecule has 1 atom stereocenters. The van der Waals surface area contributed by atoms with Crippen LogP contribution in [0.3, 0.4) is 0 Å². The Morgan fingerprint density at radius 1 is 1.50 bits per heavy atom. The van der Waals surface area contributed by atoms with Crippen molar-refractivity contribution in [1.29, 1.82) is 0 Å². The first kappa shape index (κ1) is 13.1. The fraction of sp³-hybridized carbons (Fsp3) is 0.818. The van der Waals surface area contributed by atoms with Gasteiger partial charge in [-0.3, -0.25) is 0 Å². The van der Waals surface area contributed by atoms with Gasteiger partial charge in [-0.25, -0.2) is 9.67 Å². The Labute approximate surface area is 96.5 Å². The third kappa shape index (κ3) is 4.28. The molecule has 1 unspecified atom stereocenters. The van der Waals surface area contributed by atoms with E-state index < -0.39 is 6.10 Å².